The lowest BCUT2D eigenvalue weighted by Gasteiger charge is -2.29. The number of carboxylic acids is 1. The van der Waals surface area contributed by atoms with Crippen molar-refractivity contribution >= 4 is 61.2 Å². The molecule has 0 unspecified atom stereocenters. The van der Waals surface area contributed by atoms with Crippen molar-refractivity contribution in [3.63, 3.8) is 0 Å². The lowest BCUT2D eigenvalue weighted by molar-refractivity contribution is -0.142. The molecule has 0 saturated heterocycles. The number of aliphatic carboxylic acids is 1. The highest BCUT2D eigenvalue weighted by molar-refractivity contribution is 7.46. The van der Waals surface area contributed by atoms with E-state index in [0.29, 0.717) is 0 Å². The first kappa shape index (κ1) is 48.9. The van der Waals surface area contributed by atoms with Gasteiger partial charge >= 0.3 is 13.8 Å². The summed E-state index contributed by atoms with van der Waals surface area (Å²) in [6, 6.07) is -8.45. The highest BCUT2D eigenvalue weighted by atomic mass is 31.2. The number of guanidine groups is 2. The molecule has 25 heteroatoms. The first-order valence-electron chi connectivity index (χ1n) is 16.7. The normalized spacial score (nSPS) is 15.1. The van der Waals surface area contributed by atoms with Gasteiger partial charge in [0.15, 0.2) is 11.9 Å². The molecule has 0 radical (unpaired) electrons. The molecule has 54 heavy (non-hydrogen) atoms. The van der Waals surface area contributed by atoms with Gasteiger partial charge < -0.3 is 69.7 Å². The van der Waals surface area contributed by atoms with E-state index in [1.807, 2.05) is 0 Å². The van der Waals surface area contributed by atoms with Gasteiger partial charge in [-0.25, -0.2) is 4.57 Å². The molecule has 0 aromatic rings. The van der Waals surface area contributed by atoms with Crippen LogP contribution in [0.1, 0.15) is 67.2 Å². The molecule has 0 bridgehead atoms. The Bertz CT molecular complexity index is 1430. The fraction of sp³-hybridized carbons (Fsp3) is 0.690. The molecule has 0 saturated carbocycles. The smallest absolute Gasteiger partial charge is 0.469 e. The van der Waals surface area contributed by atoms with Gasteiger partial charge in [0.05, 0.1) is 6.10 Å². The second kappa shape index (κ2) is 23.6. The zero-order chi connectivity index (χ0) is 41.9. The summed E-state index contributed by atoms with van der Waals surface area (Å²) >= 11 is 0. The van der Waals surface area contributed by atoms with Crippen molar-refractivity contribution in [3.8, 4) is 0 Å². The lowest BCUT2D eigenvalue weighted by Crippen LogP contribution is -2.61. The summed E-state index contributed by atoms with van der Waals surface area (Å²) < 4.78 is 16.3. The number of aliphatic imine (C=N–C) groups is 2. The van der Waals surface area contributed by atoms with Crippen molar-refractivity contribution in [2.75, 3.05) is 13.1 Å². The molecule has 24 nitrogen and oxygen atoms in total. The number of carbonyl (C=O) groups excluding carboxylic acids is 6. The molecular weight excluding hydrogens is 741 g/mol. The predicted octanol–water partition coefficient (Wildman–Crippen LogP) is -4.70. The van der Waals surface area contributed by atoms with E-state index < -0.39 is 97.5 Å². The molecule has 0 rings (SSSR count). The number of nitrogens with one attached hydrogen (secondary N) is 6. The Hall–Kier alpha value is -5.06. The Kier molecular flexibility index (Phi) is 21.4. The van der Waals surface area contributed by atoms with E-state index in [0.717, 1.165) is 6.92 Å². The van der Waals surface area contributed by atoms with Crippen LogP contribution in [0.3, 0.4) is 0 Å². The number of carbonyl (C=O) groups is 7. The number of nitrogens with zero attached hydrogens (tertiary/aromatic N) is 2. The zero-order valence-corrected chi connectivity index (χ0v) is 31.9. The van der Waals surface area contributed by atoms with Crippen molar-refractivity contribution in [1.29, 1.82) is 0 Å². The number of hydrogen-bond acceptors (Lipinski definition) is 11. The molecule has 0 aliphatic carbocycles. The van der Waals surface area contributed by atoms with Gasteiger partial charge in [-0.3, -0.25) is 48.1 Å². The van der Waals surface area contributed by atoms with Gasteiger partial charge in [0, 0.05) is 20.0 Å². The van der Waals surface area contributed by atoms with Gasteiger partial charge in [0.2, 0.25) is 35.4 Å². The average molecular weight is 797 g/mol. The summed E-state index contributed by atoms with van der Waals surface area (Å²) in [6.07, 6.45) is -1.24. The predicted molar refractivity (Wildman–Crippen MR) is 193 cm³/mol. The fourth-order valence-corrected chi connectivity index (χ4v) is 5.09. The number of phosphoric acid groups is 1. The van der Waals surface area contributed by atoms with Crippen molar-refractivity contribution in [3.05, 3.63) is 0 Å². The molecule has 6 amide bonds. The number of rotatable bonds is 24. The first-order chi connectivity index (χ1) is 24.9. The van der Waals surface area contributed by atoms with E-state index >= 15 is 0 Å². The maximum absolute atomic E-state index is 13.5. The number of amides is 6. The highest BCUT2D eigenvalue weighted by Gasteiger charge is 2.37. The molecule has 0 aliphatic rings. The molecule has 0 heterocycles. The van der Waals surface area contributed by atoms with Crippen LogP contribution in [0.15, 0.2) is 9.98 Å². The Morgan fingerprint density at radius 2 is 1.07 bits per heavy atom. The third-order valence-corrected chi connectivity index (χ3v) is 7.91. The topological polar surface area (TPSA) is 407 Å². The van der Waals surface area contributed by atoms with Crippen molar-refractivity contribution in [2.45, 2.75) is 110 Å². The maximum Gasteiger partial charge on any atom is 0.469 e. The minimum Gasteiger partial charge on any atom is -0.480 e. The molecule has 7 atom stereocenters. The summed E-state index contributed by atoms with van der Waals surface area (Å²) in [7, 11) is -5.24. The van der Waals surface area contributed by atoms with Crippen LogP contribution in [0.5, 0.6) is 0 Å². The summed E-state index contributed by atoms with van der Waals surface area (Å²) in [5.74, 6) is -7.66. The van der Waals surface area contributed by atoms with Crippen LogP contribution in [-0.2, 0) is 42.7 Å². The summed E-state index contributed by atoms with van der Waals surface area (Å²) in [5.41, 5.74) is 21.4. The minimum absolute atomic E-state index is 0.0547. The molecule has 0 spiro atoms. The van der Waals surface area contributed by atoms with Crippen LogP contribution in [-0.4, -0.2) is 124 Å². The van der Waals surface area contributed by atoms with Crippen LogP contribution in [0.2, 0.25) is 0 Å². The molecule has 0 aliphatic heterocycles. The highest BCUT2D eigenvalue weighted by Crippen LogP contribution is 2.38. The van der Waals surface area contributed by atoms with Gasteiger partial charge in [-0.2, -0.15) is 0 Å². The molecule has 308 valence electrons. The Labute approximate surface area is 312 Å². The molecule has 0 aromatic carbocycles. The Morgan fingerprint density at radius 3 is 1.50 bits per heavy atom. The monoisotopic (exact) mass is 796 g/mol. The first-order valence-corrected chi connectivity index (χ1v) is 18.3. The van der Waals surface area contributed by atoms with Crippen molar-refractivity contribution in [1.82, 2.24) is 31.9 Å². The van der Waals surface area contributed by atoms with E-state index in [9.17, 15) is 47.9 Å². The largest absolute Gasteiger partial charge is 0.480 e. The van der Waals surface area contributed by atoms with E-state index in [2.05, 4.69) is 46.4 Å². The van der Waals surface area contributed by atoms with Crippen LogP contribution < -0.4 is 54.8 Å². The lowest BCUT2D eigenvalue weighted by atomic mass is 10.0. The Morgan fingerprint density at radius 1 is 0.648 bits per heavy atom. The quantitative estimate of drug-likeness (QED) is 0.0189. The van der Waals surface area contributed by atoms with Gasteiger partial charge in [-0.05, 0) is 52.4 Å². The number of nitrogens with two attached hydrogens (primary N) is 4. The van der Waals surface area contributed by atoms with Gasteiger partial charge in [-0.15, -0.1) is 0 Å². The number of phosphoric ester groups is 1. The molecule has 17 N–H and O–H groups in total. The second-order valence-corrected chi connectivity index (χ2v) is 13.7. The molecule has 0 aromatic heterocycles. The third kappa shape index (κ3) is 20.3. The standard InChI is InChI=1S/C29H55N12O12P/c1-13(2)20(25(46)37-15(4)27(48)49)40-26(47)21(16(5)53-54(50,51)52)41-22(43)14(3)36-23(44)19(10-8-12-35-29(32)33)39-24(45)18(38-17(6)42)9-7-11-34-28(30)31/h13-16,18-21H,7-12H2,1-6H3,(H,36,44)(H,37,46)(H,38,42)(H,39,45)(H,40,47)(H,41,43)(H,48,49)(H4,30,31,34)(H4,32,33,35)(H2,50,51,52)/t14-,15-,16+,18-,19-,20-,21-/m0/s1/i6+2. The van der Waals surface area contributed by atoms with Gasteiger partial charge in [0.1, 0.15) is 36.3 Å². The van der Waals surface area contributed by atoms with Crippen LogP contribution in [0.25, 0.3) is 0 Å². The zero-order valence-electron chi connectivity index (χ0n) is 31.0. The SMILES string of the molecule is CC(C)[C@H](NC(=O)[C@@H](NC(=O)[C@H](C)NC(=O)[C@H](CCCN=C(N)N)NC(=O)[C@H](CCCN=C(N)N)NC([14CH3])=O)[C@@H](C)OP(=O)(O)O)C(=O)N[C@@H](C)C(=O)O. The summed E-state index contributed by atoms with van der Waals surface area (Å²) in [6.45, 7) is 7.88. The maximum atomic E-state index is 13.5. The Balaban J connectivity index is 6.21. The number of hydrogen-bond donors (Lipinski definition) is 13. The second-order valence-electron chi connectivity index (χ2n) is 12.5. The fourth-order valence-electron chi connectivity index (χ4n) is 4.54. The van der Waals surface area contributed by atoms with Crippen molar-refractivity contribution in [2.24, 2.45) is 38.8 Å². The summed E-state index contributed by atoms with van der Waals surface area (Å²) in [4.78, 5) is 116. The molecule has 0 fully saturated rings. The van der Waals surface area contributed by atoms with E-state index in [4.69, 9.17) is 28.0 Å². The van der Waals surface area contributed by atoms with Gasteiger partial charge in [-0.1, -0.05) is 13.8 Å². The third-order valence-electron chi connectivity index (χ3n) is 7.30. The number of carboxylic acid groups (broad SMARTS) is 1. The van der Waals surface area contributed by atoms with E-state index in [-0.39, 0.29) is 50.7 Å². The van der Waals surface area contributed by atoms with Crippen LogP contribution in [0, 0.1) is 5.92 Å². The van der Waals surface area contributed by atoms with E-state index in [1.54, 1.807) is 0 Å². The molecular formula is C29H55N12O12P. The van der Waals surface area contributed by atoms with Crippen LogP contribution in [0.4, 0.5) is 0 Å². The van der Waals surface area contributed by atoms with Crippen molar-refractivity contribution < 1.29 is 57.5 Å². The van der Waals surface area contributed by atoms with E-state index in [1.165, 1.54) is 34.6 Å². The van der Waals surface area contributed by atoms with Gasteiger partial charge in [0.25, 0.3) is 0 Å². The average Bonchev–Trinajstić information content (AvgIpc) is 3.03. The summed E-state index contributed by atoms with van der Waals surface area (Å²) in [5, 5.41) is 23.3. The van der Waals surface area contributed by atoms with Crippen LogP contribution >= 0.6 is 7.82 Å². The minimum atomic E-state index is -5.24.